The van der Waals surface area contributed by atoms with Gasteiger partial charge in [0.15, 0.2) is 0 Å². The van der Waals surface area contributed by atoms with Gasteiger partial charge in [0.2, 0.25) is 5.91 Å². The number of hydrogen-bond acceptors (Lipinski definition) is 2. The van der Waals surface area contributed by atoms with Crippen LogP contribution in [0.5, 0.6) is 0 Å². The number of nitrogens with two attached hydrogens (primary N) is 1. The number of likely N-dealkylation sites (tertiary alicyclic amines) is 1. The largest absolute Gasteiger partial charge is 0.337 e. The van der Waals surface area contributed by atoms with Crippen LogP contribution in [0.1, 0.15) is 23.1 Å². The van der Waals surface area contributed by atoms with Crippen LogP contribution in [-0.2, 0) is 11.3 Å². The minimum Gasteiger partial charge on any atom is -0.337 e. The molecule has 1 aromatic carbocycles. The molecule has 0 spiro atoms. The first-order valence-electron chi connectivity index (χ1n) is 5.66. The van der Waals surface area contributed by atoms with Crippen molar-refractivity contribution < 1.29 is 4.79 Å². The maximum Gasteiger partial charge on any atom is 0.224 e. The lowest BCUT2D eigenvalue weighted by Gasteiger charge is -2.17. The summed E-state index contributed by atoms with van der Waals surface area (Å²) in [6.45, 7) is 5.53. The van der Waals surface area contributed by atoms with Crippen LogP contribution in [0.4, 0.5) is 0 Å². The second kappa shape index (κ2) is 4.26. The molecule has 16 heavy (non-hydrogen) atoms. The second-order valence-corrected chi connectivity index (χ2v) is 4.67. The zero-order chi connectivity index (χ0) is 11.7. The normalized spacial score (nSPS) is 20.6. The quantitative estimate of drug-likeness (QED) is 0.814. The summed E-state index contributed by atoms with van der Waals surface area (Å²) in [4.78, 5) is 13.5. The van der Waals surface area contributed by atoms with Crippen molar-refractivity contribution in [3.05, 3.63) is 34.9 Å². The van der Waals surface area contributed by atoms with E-state index >= 15 is 0 Å². The monoisotopic (exact) mass is 218 g/mol. The molecule has 2 N–H and O–H groups in total. The highest BCUT2D eigenvalue weighted by Gasteiger charge is 2.26. The van der Waals surface area contributed by atoms with Crippen molar-refractivity contribution in [1.82, 2.24) is 4.90 Å². The summed E-state index contributed by atoms with van der Waals surface area (Å²) in [7, 11) is 0. The average molecular weight is 218 g/mol. The summed E-state index contributed by atoms with van der Waals surface area (Å²) in [5, 5.41) is 0. The average Bonchev–Trinajstić information content (AvgIpc) is 2.51. The Kier molecular flexibility index (Phi) is 2.97. The molecule has 0 aromatic heterocycles. The summed E-state index contributed by atoms with van der Waals surface area (Å²) < 4.78 is 0. The Hall–Kier alpha value is -1.35. The molecular weight excluding hydrogens is 200 g/mol. The van der Waals surface area contributed by atoms with Gasteiger partial charge in [0.1, 0.15) is 0 Å². The van der Waals surface area contributed by atoms with Gasteiger partial charge in [-0.2, -0.15) is 0 Å². The van der Waals surface area contributed by atoms with Crippen LogP contribution < -0.4 is 5.73 Å². The summed E-state index contributed by atoms with van der Waals surface area (Å²) in [6.07, 6.45) is 0.491. The third-order valence-corrected chi connectivity index (χ3v) is 3.11. The highest BCUT2D eigenvalue weighted by atomic mass is 16.2. The van der Waals surface area contributed by atoms with Crippen LogP contribution in [0.15, 0.2) is 18.2 Å². The zero-order valence-corrected chi connectivity index (χ0v) is 9.86. The number of nitrogens with zero attached hydrogens (tertiary/aromatic N) is 1. The highest BCUT2D eigenvalue weighted by molar-refractivity contribution is 5.79. The van der Waals surface area contributed by atoms with Gasteiger partial charge in [-0.25, -0.2) is 0 Å². The van der Waals surface area contributed by atoms with Crippen molar-refractivity contribution in [2.24, 2.45) is 5.73 Å². The zero-order valence-electron chi connectivity index (χ0n) is 9.86. The van der Waals surface area contributed by atoms with E-state index in [0.717, 1.165) is 0 Å². The number of aryl methyl sites for hydroxylation is 2. The Morgan fingerprint density at radius 3 is 2.81 bits per heavy atom. The van der Waals surface area contributed by atoms with Gasteiger partial charge in [-0.1, -0.05) is 23.8 Å². The van der Waals surface area contributed by atoms with E-state index in [1.165, 1.54) is 16.7 Å². The molecule has 0 aliphatic carbocycles. The van der Waals surface area contributed by atoms with Crippen LogP contribution in [0.3, 0.4) is 0 Å². The van der Waals surface area contributed by atoms with E-state index < -0.39 is 0 Å². The Morgan fingerprint density at radius 2 is 2.19 bits per heavy atom. The van der Waals surface area contributed by atoms with Gasteiger partial charge in [0.05, 0.1) is 0 Å². The van der Waals surface area contributed by atoms with E-state index in [-0.39, 0.29) is 11.9 Å². The lowest BCUT2D eigenvalue weighted by atomic mass is 10.1. The van der Waals surface area contributed by atoms with Crippen LogP contribution in [0.2, 0.25) is 0 Å². The lowest BCUT2D eigenvalue weighted by Crippen LogP contribution is -2.28. The highest BCUT2D eigenvalue weighted by Crippen LogP contribution is 2.17. The standard InChI is InChI=1S/C13H18N2O/c1-9-3-4-10(2)11(5-9)7-15-8-12(14)6-13(15)16/h3-5,12H,6-8,14H2,1-2H3. The van der Waals surface area contributed by atoms with Crippen molar-refractivity contribution in [2.45, 2.75) is 32.9 Å². The Morgan fingerprint density at radius 1 is 1.44 bits per heavy atom. The Labute approximate surface area is 96.2 Å². The van der Waals surface area contributed by atoms with E-state index in [1.54, 1.807) is 0 Å². The molecule has 1 saturated heterocycles. The first-order chi connectivity index (χ1) is 7.56. The first-order valence-corrected chi connectivity index (χ1v) is 5.66. The van der Waals surface area contributed by atoms with Crippen molar-refractivity contribution >= 4 is 5.91 Å². The number of rotatable bonds is 2. The molecule has 1 atom stereocenters. The smallest absolute Gasteiger partial charge is 0.224 e. The van der Waals surface area contributed by atoms with Gasteiger partial charge in [-0.3, -0.25) is 4.79 Å². The number of carbonyl (C=O) groups is 1. The van der Waals surface area contributed by atoms with Crippen molar-refractivity contribution in [2.75, 3.05) is 6.54 Å². The Bertz CT molecular complexity index is 414. The third kappa shape index (κ3) is 2.25. The van der Waals surface area contributed by atoms with E-state index in [1.807, 2.05) is 4.90 Å². The fourth-order valence-electron chi connectivity index (χ4n) is 2.13. The number of hydrogen-bond donors (Lipinski definition) is 1. The molecule has 1 aliphatic heterocycles. The van der Waals surface area contributed by atoms with Crippen LogP contribution in [-0.4, -0.2) is 23.4 Å². The molecule has 0 bridgehead atoms. The minimum absolute atomic E-state index is 0.0117. The van der Waals surface area contributed by atoms with Crippen LogP contribution >= 0.6 is 0 Å². The minimum atomic E-state index is 0.0117. The molecule has 1 unspecified atom stereocenters. The molecule has 1 aromatic rings. The molecule has 3 nitrogen and oxygen atoms in total. The molecule has 1 amide bonds. The van der Waals surface area contributed by atoms with Gasteiger partial charge in [0.25, 0.3) is 0 Å². The predicted molar refractivity (Wildman–Crippen MR) is 63.9 cm³/mol. The maximum atomic E-state index is 11.6. The summed E-state index contributed by atoms with van der Waals surface area (Å²) in [6, 6.07) is 6.35. The molecular formula is C13H18N2O. The molecule has 3 heteroatoms. The lowest BCUT2D eigenvalue weighted by molar-refractivity contribution is -0.128. The van der Waals surface area contributed by atoms with Crippen LogP contribution in [0, 0.1) is 13.8 Å². The molecule has 0 saturated carbocycles. The fraction of sp³-hybridized carbons (Fsp3) is 0.462. The molecule has 2 rings (SSSR count). The van der Waals surface area contributed by atoms with Crippen molar-refractivity contribution in [3.63, 3.8) is 0 Å². The summed E-state index contributed by atoms with van der Waals surface area (Å²) >= 11 is 0. The van der Waals surface area contributed by atoms with Crippen molar-refractivity contribution in [1.29, 1.82) is 0 Å². The number of benzene rings is 1. The van der Waals surface area contributed by atoms with Gasteiger partial charge >= 0.3 is 0 Å². The number of carbonyl (C=O) groups excluding carboxylic acids is 1. The van der Waals surface area contributed by atoms with Gasteiger partial charge in [-0.05, 0) is 25.0 Å². The van der Waals surface area contributed by atoms with E-state index in [0.29, 0.717) is 19.5 Å². The summed E-state index contributed by atoms with van der Waals surface area (Å²) in [5.41, 5.74) is 9.47. The van der Waals surface area contributed by atoms with Gasteiger partial charge < -0.3 is 10.6 Å². The molecule has 1 fully saturated rings. The first kappa shape index (κ1) is 11.1. The Balaban J connectivity index is 2.15. The SMILES string of the molecule is Cc1ccc(C)c(CN2CC(N)CC2=O)c1. The molecule has 86 valence electrons. The molecule has 0 radical (unpaired) electrons. The van der Waals surface area contributed by atoms with Gasteiger partial charge in [0, 0.05) is 25.6 Å². The second-order valence-electron chi connectivity index (χ2n) is 4.67. The summed E-state index contributed by atoms with van der Waals surface area (Å²) in [5.74, 6) is 0.174. The molecule has 1 heterocycles. The third-order valence-electron chi connectivity index (χ3n) is 3.11. The maximum absolute atomic E-state index is 11.6. The molecule has 1 aliphatic rings. The van der Waals surface area contributed by atoms with E-state index in [4.69, 9.17) is 5.73 Å². The van der Waals surface area contributed by atoms with Crippen LogP contribution in [0.25, 0.3) is 0 Å². The topological polar surface area (TPSA) is 46.3 Å². The van der Waals surface area contributed by atoms with Crippen molar-refractivity contribution in [3.8, 4) is 0 Å². The number of amides is 1. The van der Waals surface area contributed by atoms with E-state index in [9.17, 15) is 4.79 Å². The fourth-order valence-corrected chi connectivity index (χ4v) is 2.13. The predicted octanol–water partition coefficient (Wildman–Crippen LogP) is 1.36. The van der Waals surface area contributed by atoms with E-state index in [2.05, 4.69) is 32.0 Å². The van der Waals surface area contributed by atoms with Gasteiger partial charge in [-0.15, -0.1) is 0 Å².